The molecule has 0 atom stereocenters. The maximum atomic E-state index is 5.92. The van der Waals surface area contributed by atoms with Gasteiger partial charge in [-0.15, -0.1) is 0 Å². The molecule has 3 rings (SSSR count). The van der Waals surface area contributed by atoms with Gasteiger partial charge in [-0.05, 0) is 24.1 Å². The summed E-state index contributed by atoms with van der Waals surface area (Å²) in [5, 5.41) is 4.95. The Morgan fingerprint density at radius 3 is 2.95 bits per heavy atom. The van der Waals surface area contributed by atoms with Crippen molar-refractivity contribution in [1.82, 2.24) is 19.7 Å². The topological polar surface area (TPSA) is 78.8 Å². The summed E-state index contributed by atoms with van der Waals surface area (Å²) in [5.41, 5.74) is 8.44. The summed E-state index contributed by atoms with van der Waals surface area (Å²) < 4.78 is 7.61. The third kappa shape index (κ3) is 2.10. The number of hydrogen-bond acceptors (Lipinski definition) is 5. The Balaban J connectivity index is 2.05. The van der Waals surface area contributed by atoms with Gasteiger partial charge in [-0.2, -0.15) is 5.10 Å². The van der Waals surface area contributed by atoms with E-state index in [0.717, 1.165) is 27.9 Å². The molecule has 1 aromatic carbocycles. The number of aryl methyl sites for hydroxylation is 2. The number of rotatable bonds is 3. The summed E-state index contributed by atoms with van der Waals surface area (Å²) in [6.07, 6.45) is 3.17. The van der Waals surface area contributed by atoms with Gasteiger partial charge in [0.05, 0.1) is 6.20 Å². The fraction of sp³-hybridized carbons (Fsp3) is 0.214. The number of aromatic nitrogens is 4. The van der Waals surface area contributed by atoms with Crippen LogP contribution in [0.15, 0.2) is 30.7 Å². The molecule has 20 heavy (non-hydrogen) atoms. The summed E-state index contributed by atoms with van der Waals surface area (Å²) >= 11 is 0. The van der Waals surface area contributed by atoms with Crippen molar-refractivity contribution in [3.05, 3.63) is 41.9 Å². The van der Waals surface area contributed by atoms with Gasteiger partial charge < -0.3 is 10.5 Å². The van der Waals surface area contributed by atoms with Crippen LogP contribution < -0.4 is 10.5 Å². The van der Waals surface area contributed by atoms with Gasteiger partial charge in [0, 0.05) is 13.6 Å². The molecule has 0 unspecified atom stereocenters. The Labute approximate surface area is 116 Å². The van der Waals surface area contributed by atoms with E-state index < -0.39 is 0 Å². The third-order valence-electron chi connectivity index (χ3n) is 3.19. The molecule has 2 N–H and O–H groups in total. The fourth-order valence-corrected chi connectivity index (χ4v) is 2.01. The minimum atomic E-state index is 0.475. The predicted molar refractivity (Wildman–Crippen MR) is 75.4 cm³/mol. The zero-order chi connectivity index (χ0) is 14.1. The molecule has 0 bridgehead atoms. The summed E-state index contributed by atoms with van der Waals surface area (Å²) in [6.45, 7) is 2.46. The van der Waals surface area contributed by atoms with Gasteiger partial charge >= 0.3 is 0 Å². The monoisotopic (exact) mass is 269 g/mol. The van der Waals surface area contributed by atoms with Crippen molar-refractivity contribution >= 4 is 11.0 Å². The SMILES string of the molecule is Cc1ccc(CN)cc1Oc1ncnc2c1cnn2C. The third-order valence-corrected chi connectivity index (χ3v) is 3.19. The Bertz CT molecular complexity index is 765. The maximum Gasteiger partial charge on any atom is 0.233 e. The molecule has 2 heterocycles. The summed E-state index contributed by atoms with van der Waals surface area (Å²) in [5.74, 6) is 1.25. The molecular formula is C14H15N5O. The van der Waals surface area contributed by atoms with Crippen LogP contribution in [0.1, 0.15) is 11.1 Å². The van der Waals surface area contributed by atoms with Crippen molar-refractivity contribution in [3.8, 4) is 11.6 Å². The van der Waals surface area contributed by atoms with Crippen LogP contribution in [-0.4, -0.2) is 19.7 Å². The lowest BCUT2D eigenvalue weighted by Gasteiger charge is -2.09. The Morgan fingerprint density at radius 1 is 1.30 bits per heavy atom. The van der Waals surface area contributed by atoms with E-state index in [1.165, 1.54) is 6.33 Å². The molecule has 0 fully saturated rings. The standard InChI is InChI=1S/C14H15N5O/c1-9-3-4-10(6-15)5-12(9)20-14-11-7-18-19(2)13(11)16-8-17-14/h3-5,7-8H,6,15H2,1-2H3. The van der Waals surface area contributed by atoms with Crippen LogP contribution in [0, 0.1) is 6.92 Å². The highest BCUT2D eigenvalue weighted by atomic mass is 16.5. The molecule has 0 aliphatic carbocycles. The number of ether oxygens (including phenoxy) is 1. The highest BCUT2D eigenvalue weighted by Crippen LogP contribution is 2.29. The minimum Gasteiger partial charge on any atom is -0.438 e. The first kappa shape index (κ1) is 12.6. The van der Waals surface area contributed by atoms with E-state index in [2.05, 4.69) is 15.1 Å². The van der Waals surface area contributed by atoms with E-state index in [0.29, 0.717) is 12.4 Å². The Hall–Kier alpha value is -2.47. The van der Waals surface area contributed by atoms with E-state index in [4.69, 9.17) is 10.5 Å². The number of nitrogens with zero attached hydrogens (tertiary/aromatic N) is 4. The number of nitrogens with two attached hydrogens (primary N) is 1. The number of benzene rings is 1. The molecule has 6 nitrogen and oxygen atoms in total. The molecule has 2 aromatic heterocycles. The lowest BCUT2D eigenvalue weighted by molar-refractivity contribution is 0.464. The van der Waals surface area contributed by atoms with Crippen LogP contribution in [0.25, 0.3) is 11.0 Å². The van der Waals surface area contributed by atoms with Crippen LogP contribution in [0.5, 0.6) is 11.6 Å². The van der Waals surface area contributed by atoms with Crippen molar-refractivity contribution in [2.24, 2.45) is 12.8 Å². The smallest absolute Gasteiger partial charge is 0.233 e. The molecule has 6 heteroatoms. The molecule has 0 saturated carbocycles. The van der Waals surface area contributed by atoms with Crippen molar-refractivity contribution in [1.29, 1.82) is 0 Å². The van der Waals surface area contributed by atoms with Crippen LogP contribution in [0.3, 0.4) is 0 Å². The molecule has 0 radical (unpaired) electrons. The summed E-state index contributed by atoms with van der Waals surface area (Å²) in [6, 6.07) is 5.90. The normalized spacial score (nSPS) is 10.9. The number of hydrogen-bond donors (Lipinski definition) is 1. The van der Waals surface area contributed by atoms with E-state index in [1.54, 1.807) is 10.9 Å². The molecule has 0 aliphatic rings. The second-order valence-corrected chi connectivity index (χ2v) is 4.59. The highest BCUT2D eigenvalue weighted by Gasteiger charge is 2.11. The second kappa shape index (κ2) is 4.90. The minimum absolute atomic E-state index is 0.475. The first-order valence-corrected chi connectivity index (χ1v) is 6.29. The average Bonchev–Trinajstić information content (AvgIpc) is 2.84. The Kier molecular flexibility index (Phi) is 3.08. The summed E-state index contributed by atoms with van der Waals surface area (Å²) in [4.78, 5) is 8.38. The van der Waals surface area contributed by atoms with E-state index in [9.17, 15) is 0 Å². The highest BCUT2D eigenvalue weighted by molar-refractivity contribution is 5.79. The zero-order valence-corrected chi connectivity index (χ0v) is 11.4. The molecule has 0 aliphatic heterocycles. The Morgan fingerprint density at radius 2 is 2.15 bits per heavy atom. The maximum absolute atomic E-state index is 5.92. The van der Waals surface area contributed by atoms with Gasteiger partial charge in [0.15, 0.2) is 5.65 Å². The van der Waals surface area contributed by atoms with E-state index >= 15 is 0 Å². The molecular weight excluding hydrogens is 254 g/mol. The van der Waals surface area contributed by atoms with Gasteiger partial charge in [-0.1, -0.05) is 12.1 Å². The van der Waals surface area contributed by atoms with Gasteiger partial charge in [0.2, 0.25) is 5.88 Å². The average molecular weight is 269 g/mol. The quantitative estimate of drug-likeness (QED) is 0.786. The van der Waals surface area contributed by atoms with Crippen LogP contribution in [0.4, 0.5) is 0 Å². The molecule has 0 saturated heterocycles. The van der Waals surface area contributed by atoms with Crippen LogP contribution in [0.2, 0.25) is 0 Å². The van der Waals surface area contributed by atoms with Crippen LogP contribution in [-0.2, 0) is 13.6 Å². The molecule has 102 valence electrons. The van der Waals surface area contributed by atoms with Gasteiger partial charge in [0.25, 0.3) is 0 Å². The fourth-order valence-electron chi connectivity index (χ4n) is 2.01. The summed E-state index contributed by atoms with van der Waals surface area (Å²) in [7, 11) is 1.83. The van der Waals surface area contributed by atoms with E-state index in [1.807, 2.05) is 32.2 Å². The second-order valence-electron chi connectivity index (χ2n) is 4.59. The number of fused-ring (bicyclic) bond motifs is 1. The van der Waals surface area contributed by atoms with Gasteiger partial charge in [-0.25, -0.2) is 9.97 Å². The molecule has 3 aromatic rings. The van der Waals surface area contributed by atoms with Crippen molar-refractivity contribution in [2.75, 3.05) is 0 Å². The first-order chi connectivity index (χ1) is 9.69. The van der Waals surface area contributed by atoms with Gasteiger partial charge in [0.1, 0.15) is 17.5 Å². The van der Waals surface area contributed by atoms with Crippen molar-refractivity contribution in [2.45, 2.75) is 13.5 Å². The van der Waals surface area contributed by atoms with Crippen molar-refractivity contribution < 1.29 is 4.74 Å². The van der Waals surface area contributed by atoms with Crippen molar-refractivity contribution in [3.63, 3.8) is 0 Å². The van der Waals surface area contributed by atoms with Gasteiger partial charge in [-0.3, -0.25) is 4.68 Å². The largest absolute Gasteiger partial charge is 0.438 e. The lowest BCUT2D eigenvalue weighted by Crippen LogP contribution is -1.98. The molecule has 0 spiro atoms. The lowest BCUT2D eigenvalue weighted by atomic mass is 10.1. The predicted octanol–water partition coefficient (Wildman–Crippen LogP) is 1.92. The molecule has 0 amide bonds. The van der Waals surface area contributed by atoms with Crippen LogP contribution >= 0.6 is 0 Å². The first-order valence-electron chi connectivity index (χ1n) is 6.29. The van der Waals surface area contributed by atoms with E-state index in [-0.39, 0.29) is 0 Å². The zero-order valence-electron chi connectivity index (χ0n) is 11.4.